The van der Waals surface area contributed by atoms with Crippen LogP contribution < -0.4 is 10.6 Å². The molecule has 0 radical (unpaired) electrons. The minimum absolute atomic E-state index is 0.218. The van der Waals surface area contributed by atoms with Crippen molar-refractivity contribution in [3.8, 4) is 0 Å². The lowest BCUT2D eigenvalue weighted by Gasteiger charge is -2.20. The Kier molecular flexibility index (Phi) is 6.57. The van der Waals surface area contributed by atoms with Gasteiger partial charge in [0.1, 0.15) is 5.82 Å². The van der Waals surface area contributed by atoms with Gasteiger partial charge in [0.25, 0.3) is 5.91 Å². The summed E-state index contributed by atoms with van der Waals surface area (Å²) >= 11 is 0. The van der Waals surface area contributed by atoms with E-state index in [4.69, 9.17) is 4.84 Å². The van der Waals surface area contributed by atoms with Crippen LogP contribution in [-0.4, -0.2) is 52.4 Å². The highest BCUT2D eigenvalue weighted by Gasteiger charge is 2.33. The van der Waals surface area contributed by atoms with Crippen LogP contribution >= 0.6 is 0 Å². The van der Waals surface area contributed by atoms with Crippen LogP contribution in [0.4, 0.5) is 5.82 Å². The summed E-state index contributed by atoms with van der Waals surface area (Å²) in [4.78, 5) is 21.5. The van der Waals surface area contributed by atoms with E-state index < -0.39 is 25.1 Å². The number of hydrogen-bond acceptors (Lipinski definition) is 7. The number of nitrogens with zero attached hydrogens (tertiary/aromatic N) is 2. The summed E-state index contributed by atoms with van der Waals surface area (Å²) in [6.45, 7) is 4.31. The maximum atomic E-state index is 12.2. The van der Waals surface area contributed by atoms with Crippen molar-refractivity contribution < 1.29 is 19.7 Å². The van der Waals surface area contributed by atoms with Crippen molar-refractivity contribution in [3.63, 3.8) is 0 Å². The Labute approximate surface area is 141 Å². The second-order valence-corrected chi connectivity index (χ2v) is 6.18. The number of rotatable bonds is 8. The summed E-state index contributed by atoms with van der Waals surface area (Å²) < 4.78 is 0. The maximum absolute atomic E-state index is 12.2. The van der Waals surface area contributed by atoms with Crippen LogP contribution in [0.5, 0.6) is 0 Å². The molecule has 1 amide bonds. The van der Waals surface area contributed by atoms with Crippen molar-refractivity contribution in [2.24, 2.45) is 11.1 Å². The fourth-order valence-corrected chi connectivity index (χ4v) is 2.37. The molecular weight excluding hydrogens is 311 g/mol. The largest absolute Gasteiger partial charge is 0.475 e. The molecule has 2 unspecified atom stereocenters. The molecule has 0 spiro atoms. The van der Waals surface area contributed by atoms with E-state index in [1.807, 2.05) is 32.0 Å². The summed E-state index contributed by atoms with van der Waals surface area (Å²) in [6, 6.07) is 5.53. The fraction of sp³-hybridized carbons (Fsp3) is 0.533. The molecule has 9 heteroatoms. The standard InChI is InChI=1S/C15H23BN4O4/c1-10(2)7-13(16(22)23)19-15(21)12-8-11(20-24-12)9-18-14-5-3-4-6-17-14/h3-6,10,12-13,22-23H,7-9H2,1-2H3,(H,17,18)(H,19,21). The van der Waals surface area contributed by atoms with Crippen LogP contribution in [0.25, 0.3) is 0 Å². The second-order valence-electron chi connectivity index (χ2n) is 6.18. The van der Waals surface area contributed by atoms with Crippen molar-refractivity contribution in [2.75, 3.05) is 11.9 Å². The molecule has 1 aromatic rings. The monoisotopic (exact) mass is 334 g/mol. The van der Waals surface area contributed by atoms with Crippen molar-refractivity contribution in [1.82, 2.24) is 10.3 Å². The first-order chi connectivity index (χ1) is 11.5. The first kappa shape index (κ1) is 18.2. The van der Waals surface area contributed by atoms with Crippen molar-refractivity contribution in [3.05, 3.63) is 24.4 Å². The van der Waals surface area contributed by atoms with Gasteiger partial charge in [0.2, 0.25) is 6.10 Å². The molecule has 0 aromatic carbocycles. The zero-order valence-corrected chi connectivity index (χ0v) is 13.8. The predicted octanol–water partition coefficient (Wildman–Crippen LogP) is 0.181. The number of carbonyl (C=O) groups is 1. The normalized spacial score (nSPS) is 17.9. The third kappa shape index (κ3) is 5.50. The lowest BCUT2D eigenvalue weighted by Crippen LogP contribution is -2.50. The topological polar surface area (TPSA) is 116 Å². The molecule has 8 nitrogen and oxygen atoms in total. The molecule has 0 fully saturated rings. The van der Waals surface area contributed by atoms with Crippen LogP contribution in [0.1, 0.15) is 26.7 Å². The lowest BCUT2D eigenvalue weighted by molar-refractivity contribution is -0.131. The molecular formula is C15H23BN4O4. The van der Waals surface area contributed by atoms with Gasteiger partial charge in [-0.05, 0) is 24.5 Å². The summed E-state index contributed by atoms with van der Waals surface area (Å²) in [7, 11) is -1.61. The Morgan fingerprint density at radius 2 is 2.25 bits per heavy atom. The van der Waals surface area contributed by atoms with E-state index in [1.165, 1.54) is 0 Å². The van der Waals surface area contributed by atoms with Crippen molar-refractivity contribution in [2.45, 2.75) is 38.7 Å². The van der Waals surface area contributed by atoms with Gasteiger partial charge in [0.15, 0.2) is 0 Å². The Balaban J connectivity index is 1.79. The third-order valence-corrected chi connectivity index (χ3v) is 3.57. The minimum atomic E-state index is -1.61. The van der Waals surface area contributed by atoms with Crippen LogP contribution in [0.3, 0.4) is 0 Å². The van der Waals surface area contributed by atoms with E-state index in [-0.39, 0.29) is 5.92 Å². The van der Waals surface area contributed by atoms with E-state index in [0.29, 0.717) is 30.9 Å². The van der Waals surface area contributed by atoms with Gasteiger partial charge in [-0.2, -0.15) is 0 Å². The fourth-order valence-electron chi connectivity index (χ4n) is 2.37. The predicted molar refractivity (Wildman–Crippen MR) is 91.2 cm³/mol. The summed E-state index contributed by atoms with van der Waals surface area (Å²) in [5.74, 6) is -0.188. The molecule has 0 saturated heterocycles. The maximum Gasteiger partial charge on any atom is 0.475 e. The number of oxime groups is 1. The zero-order valence-electron chi connectivity index (χ0n) is 13.8. The molecule has 1 aliphatic heterocycles. The van der Waals surface area contributed by atoms with Crippen molar-refractivity contribution in [1.29, 1.82) is 0 Å². The number of pyridine rings is 1. The highest BCUT2D eigenvalue weighted by Crippen LogP contribution is 2.13. The van der Waals surface area contributed by atoms with E-state index in [0.717, 1.165) is 0 Å². The van der Waals surface area contributed by atoms with Gasteiger partial charge in [-0.1, -0.05) is 25.1 Å². The van der Waals surface area contributed by atoms with Gasteiger partial charge in [0.05, 0.1) is 18.2 Å². The Morgan fingerprint density at radius 1 is 1.46 bits per heavy atom. The average molecular weight is 334 g/mol. The molecule has 2 rings (SSSR count). The highest BCUT2D eigenvalue weighted by atomic mass is 16.6. The first-order valence-corrected chi connectivity index (χ1v) is 7.98. The number of carbonyl (C=O) groups excluding carboxylic acids is 1. The molecule has 2 heterocycles. The lowest BCUT2D eigenvalue weighted by atomic mass is 9.75. The third-order valence-electron chi connectivity index (χ3n) is 3.57. The molecule has 130 valence electrons. The van der Waals surface area contributed by atoms with E-state index in [1.54, 1.807) is 6.20 Å². The molecule has 1 aromatic heterocycles. The smallest absolute Gasteiger partial charge is 0.426 e. The molecule has 0 bridgehead atoms. The highest BCUT2D eigenvalue weighted by molar-refractivity contribution is 6.43. The van der Waals surface area contributed by atoms with Gasteiger partial charge in [-0.3, -0.25) is 4.79 Å². The Hall–Kier alpha value is -2.13. The summed E-state index contributed by atoms with van der Waals surface area (Å²) in [5.41, 5.74) is 0.700. The number of hydrogen-bond donors (Lipinski definition) is 4. The van der Waals surface area contributed by atoms with Gasteiger partial charge in [-0.15, -0.1) is 0 Å². The average Bonchev–Trinajstić information content (AvgIpc) is 3.02. The van der Waals surface area contributed by atoms with Crippen LogP contribution in [0, 0.1) is 5.92 Å². The summed E-state index contributed by atoms with van der Waals surface area (Å²) in [6.07, 6.45) is 1.74. The number of amides is 1. The quantitative estimate of drug-likeness (QED) is 0.504. The van der Waals surface area contributed by atoms with Crippen LogP contribution in [0.2, 0.25) is 0 Å². The van der Waals surface area contributed by atoms with Crippen LogP contribution in [-0.2, 0) is 9.63 Å². The number of nitrogens with one attached hydrogen (secondary N) is 2. The number of aromatic nitrogens is 1. The Morgan fingerprint density at radius 3 is 2.88 bits per heavy atom. The van der Waals surface area contributed by atoms with Gasteiger partial charge >= 0.3 is 7.12 Å². The zero-order chi connectivity index (χ0) is 17.5. The number of anilines is 1. The SMILES string of the molecule is CC(C)CC(NC(=O)C1CC(CNc2ccccn2)=NO1)B(O)O. The minimum Gasteiger partial charge on any atom is -0.426 e. The van der Waals surface area contributed by atoms with Gasteiger partial charge in [-0.25, -0.2) is 4.98 Å². The Bertz CT molecular complexity index is 568. The summed E-state index contributed by atoms with van der Waals surface area (Å²) in [5, 5.41) is 28.4. The molecule has 4 N–H and O–H groups in total. The van der Waals surface area contributed by atoms with Gasteiger partial charge in [0, 0.05) is 12.6 Å². The molecule has 0 saturated carbocycles. The molecule has 2 atom stereocenters. The first-order valence-electron chi connectivity index (χ1n) is 7.98. The van der Waals surface area contributed by atoms with Gasteiger partial charge < -0.3 is 25.5 Å². The van der Waals surface area contributed by atoms with E-state index in [2.05, 4.69) is 20.8 Å². The second kappa shape index (κ2) is 8.65. The molecule has 24 heavy (non-hydrogen) atoms. The van der Waals surface area contributed by atoms with Crippen LogP contribution in [0.15, 0.2) is 29.6 Å². The molecule has 1 aliphatic rings. The van der Waals surface area contributed by atoms with Crippen molar-refractivity contribution >= 4 is 24.6 Å². The van der Waals surface area contributed by atoms with E-state index in [9.17, 15) is 14.8 Å². The molecule has 0 aliphatic carbocycles. The van der Waals surface area contributed by atoms with E-state index >= 15 is 0 Å².